The number of aryl methyl sites for hydroxylation is 1. The van der Waals surface area contributed by atoms with Gasteiger partial charge in [0.15, 0.2) is 6.10 Å². The fourth-order valence-corrected chi connectivity index (χ4v) is 3.06. The van der Waals surface area contributed by atoms with Crippen LogP contribution < -0.4 is 15.7 Å². The Labute approximate surface area is 173 Å². The molecule has 1 unspecified atom stereocenters. The lowest BCUT2D eigenvalue weighted by Crippen LogP contribution is -2.30. The van der Waals surface area contributed by atoms with Crippen molar-refractivity contribution >= 4 is 22.5 Å². The summed E-state index contributed by atoms with van der Waals surface area (Å²) in [5.74, 6) is 0.536. The molecule has 150 valence electrons. The Morgan fingerprint density at radius 3 is 2.67 bits per heavy atom. The topological polar surface area (TPSA) is 81.4 Å². The van der Waals surface area contributed by atoms with Gasteiger partial charge in [-0.15, -0.1) is 0 Å². The summed E-state index contributed by atoms with van der Waals surface area (Å²) >= 11 is 0. The quantitative estimate of drug-likeness (QED) is 0.531. The van der Waals surface area contributed by atoms with Gasteiger partial charge < -0.3 is 14.5 Å². The molecule has 4 rings (SSSR count). The van der Waals surface area contributed by atoms with Crippen LogP contribution in [0.5, 0.6) is 5.75 Å². The molecule has 0 saturated heterocycles. The highest BCUT2D eigenvalue weighted by molar-refractivity contribution is 5.94. The summed E-state index contributed by atoms with van der Waals surface area (Å²) in [6.07, 6.45) is -0.688. The lowest BCUT2D eigenvalue weighted by molar-refractivity contribution is -0.122. The third-order valence-corrected chi connectivity index (χ3v) is 4.58. The van der Waals surface area contributed by atoms with E-state index in [1.165, 1.54) is 0 Å². The third-order valence-electron chi connectivity index (χ3n) is 4.58. The minimum atomic E-state index is -0.688. The zero-order chi connectivity index (χ0) is 21.1. The Bertz CT molecular complexity index is 1280. The molecule has 6 heteroatoms. The number of nitrogens with zero attached hydrogens (tertiary/aromatic N) is 1. The first-order valence-electron chi connectivity index (χ1n) is 9.54. The van der Waals surface area contributed by atoms with Gasteiger partial charge >= 0.3 is 5.63 Å². The number of fused-ring (bicyclic) bond motifs is 1. The first-order valence-corrected chi connectivity index (χ1v) is 9.54. The van der Waals surface area contributed by atoms with Gasteiger partial charge in [0.1, 0.15) is 5.75 Å². The van der Waals surface area contributed by atoms with Crippen molar-refractivity contribution in [1.82, 2.24) is 4.98 Å². The maximum Gasteiger partial charge on any atom is 0.347 e. The van der Waals surface area contributed by atoms with Gasteiger partial charge in [-0.1, -0.05) is 30.3 Å². The third kappa shape index (κ3) is 4.22. The Balaban J connectivity index is 1.53. The molecule has 3 aromatic carbocycles. The van der Waals surface area contributed by atoms with Crippen LogP contribution in [0.15, 0.2) is 82.0 Å². The predicted octanol–water partition coefficient (Wildman–Crippen LogP) is 4.57. The number of aromatic nitrogens is 1. The van der Waals surface area contributed by atoms with Gasteiger partial charge in [-0.2, -0.15) is 0 Å². The first-order chi connectivity index (χ1) is 14.5. The lowest BCUT2D eigenvalue weighted by Gasteiger charge is -2.15. The standard InChI is InChI=1S/C24H20N2O4/c1-15-7-5-10-19(13-15)29-16(2)22(27)25-18-9-6-8-17(14-18)23-26-21-12-4-3-11-20(21)24(28)30-23/h3-14,16H,1-2H3,(H,25,27). The number of anilines is 1. The van der Waals surface area contributed by atoms with Gasteiger partial charge in [0.2, 0.25) is 5.89 Å². The van der Waals surface area contributed by atoms with Gasteiger partial charge in [-0.05, 0) is 61.9 Å². The number of benzene rings is 3. The van der Waals surface area contributed by atoms with Gasteiger partial charge in [0.05, 0.1) is 10.9 Å². The highest BCUT2D eigenvalue weighted by atomic mass is 16.5. The Hall–Kier alpha value is -3.93. The number of amides is 1. The van der Waals surface area contributed by atoms with E-state index in [1.54, 1.807) is 49.4 Å². The van der Waals surface area contributed by atoms with E-state index in [9.17, 15) is 9.59 Å². The molecular formula is C24H20N2O4. The molecule has 0 saturated carbocycles. The summed E-state index contributed by atoms with van der Waals surface area (Å²) in [5, 5.41) is 3.25. The zero-order valence-electron chi connectivity index (χ0n) is 16.6. The van der Waals surface area contributed by atoms with Crippen LogP contribution in [0, 0.1) is 6.92 Å². The molecule has 30 heavy (non-hydrogen) atoms. The largest absolute Gasteiger partial charge is 0.481 e. The van der Waals surface area contributed by atoms with Gasteiger partial charge in [-0.25, -0.2) is 9.78 Å². The summed E-state index contributed by atoms with van der Waals surface area (Å²) in [4.78, 5) is 29.2. The summed E-state index contributed by atoms with van der Waals surface area (Å²) in [7, 11) is 0. The van der Waals surface area contributed by atoms with Crippen LogP contribution in [0.25, 0.3) is 22.4 Å². The number of hydrogen-bond donors (Lipinski definition) is 1. The van der Waals surface area contributed by atoms with E-state index in [1.807, 2.05) is 37.3 Å². The van der Waals surface area contributed by atoms with E-state index in [-0.39, 0.29) is 11.8 Å². The summed E-state index contributed by atoms with van der Waals surface area (Å²) in [6.45, 7) is 3.65. The van der Waals surface area contributed by atoms with Gasteiger partial charge in [-0.3, -0.25) is 4.79 Å². The molecule has 1 amide bonds. The van der Waals surface area contributed by atoms with E-state index in [2.05, 4.69) is 10.3 Å². The average molecular weight is 400 g/mol. The molecule has 0 radical (unpaired) electrons. The summed E-state index contributed by atoms with van der Waals surface area (Å²) in [5.41, 5.74) is 2.29. The summed E-state index contributed by atoms with van der Waals surface area (Å²) < 4.78 is 11.1. The van der Waals surface area contributed by atoms with Crippen LogP contribution in [0.1, 0.15) is 12.5 Å². The predicted molar refractivity (Wildman–Crippen MR) is 116 cm³/mol. The lowest BCUT2D eigenvalue weighted by atomic mass is 10.2. The van der Waals surface area contributed by atoms with Crippen molar-refractivity contribution in [3.05, 3.63) is 88.8 Å². The minimum Gasteiger partial charge on any atom is -0.481 e. The van der Waals surface area contributed by atoms with Crippen LogP contribution in [-0.2, 0) is 4.79 Å². The molecular weight excluding hydrogens is 380 g/mol. The van der Waals surface area contributed by atoms with Gasteiger partial charge in [0.25, 0.3) is 5.91 Å². The van der Waals surface area contributed by atoms with Crippen LogP contribution in [0.3, 0.4) is 0 Å². The fraction of sp³-hybridized carbons (Fsp3) is 0.125. The smallest absolute Gasteiger partial charge is 0.347 e. The first kappa shape index (κ1) is 19.4. The Morgan fingerprint density at radius 1 is 1.03 bits per heavy atom. The van der Waals surface area contributed by atoms with Crippen molar-refractivity contribution < 1.29 is 13.9 Å². The van der Waals surface area contributed by atoms with Crippen LogP contribution >= 0.6 is 0 Å². The van der Waals surface area contributed by atoms with Crippen molar-refractivity contribution in [3.63, 3.8) is 0 Å². The normalized spacial score (nSPS) is 11.8. The number of carbonyl (C=O) groups excluding carboxylic acids is 1. The van der Waals surface area contributed by atoms with Crippen LogP contribution in [-0.4, -0.2) is 17.0 Å². The molecule has 0 aliphatic carbocycles. The number of rotatable bonds is 5. The molecule has 1 N–H and O–H groups in total. The number of hydrogen-bond acceptors (Lipinski definition) is 5. The maximum atomic E-state index is 12.6. The van der Waals surface area contributed by atoms with Crippen molar-refractivity contribution in [3.8, 4) is 17.2 Å². The summed E-state index contributed by atoms with van der Waals surface area (Å²) in [6, 6.07) is 21.5. The fourth-order valence-electron chi connectivity index (χ4n) is 3.06. The van der Waals surface area contributed by atoms with E-state index >= 15 is 0 Å². The van der Waals surface area contributed by atoms with E-state index in [0.29, 0.717) is 27.9 Å². The van der Waals surface area contributed by atoms with Crippen molar-refractivity contribution in [2.24, 2.45) is 0 Å². The zero-order valence-corrected chi connectivity index (χ0v) is 16.6. The molecule has 1 aromatic heterocycles. The number of carbonyl (C=O) groups is 1. The van der Waals surface area contributed by atoms with Crippen molar-refractivity contribution in [2.75, 3.05) is 5.32 Å². The molecule has 0 aliphatic rings. The maximum absolute atomic E-state index is 12.6. The van der Waals surface area contributed by atoms with Crippen molar-refractivity contribution in [2.45, 2.75) is 20.0 Å². The van der Waals surface area contributed by atoms with E-state index in [0.717, 1.165) is 5.56 Å². The highest BCUT2D eigenvalue weighted by Crippen LogP contribution is 2.22. The second-order valence-electron chi connectivity index (χ2n) is 6.97. The SMILES string of the molecule is Cc1cccc(OC(C)C(=O)Nc2cccc(-c3nc4ccccc4c(=O)o3)c2)c1. The molecule has 1 atom stereocenters. The number of para-hydroxylation sites is 1. The number of nitrogens with one attached hydrogen (secondary N) is 1. The molecule has 4 aromatic rings. The highest BCUT2D eigenvalue weighted by Gasteiger charge is 2.16. The Kier molecular flexibility index (Phi) is 5.30. The molecule has 6 nitrogen and oxygen atoms in total. The van der Waals surface area contributed by atoms with E-state index < -0.39 is 11.7 Å². The molecule has 0 fully saturated rings. The molecule has 1 heterocycles. The molecule has 0 bridgehead atoms. The Morgan fingerprint density at radius 2 is 1.83 bits per heavy atom. The molecule has 0 aliphatic heterocycles. The second kappa shape index (κ2) is 8.21. The van der Waals surface area contributed by atoms with Crippen molar-refractivity contribution in [1.29, 1.82) is 0 Å². The van der Waals surface area contributed by atoms with E-state index in [4.69, 9.17) is 9.15 Å². The van der Waals surface area contributed by atoms with Gasteiger partial charge in [0, 0.05) is 11.3 Å². The second-order valence-corrected chi connectivity index (χ2v) is 6.97. The number of ether oxygens (including phenoxy) is 1. The monoisotopic (exact) mass is 400 g/mol. The minimum absolute atomic E-state index is 0.193. The van der Waals surface area contributed by atoms with Crippen LogP contribution in [0.4, 0.5) is 5.69 Å². The van der Waals surface area contributed by atoms with Crippen LogP contribution in [0.2, 0.25) is 0 Å². The molecule has 0 spiro atoms. The average Bonchev–Trinajstić information content (AvgIpc) is 2.74.